The fraction of sp³-hybridized carbons (Fsp3) is 0.381. The van der Waals surface area contributed by atoms with Crippen LogP contribution in [0, 0.1) is 0 Å². The Kier molecular flexibility index (Phi) is 5.31. The SMILES string of the molecule is CC[C@H](NC(=O)C1(c2ccccc2)CCOCC1)c1ccccc1. The third kappa shape index (κ3) is 3.36. The zero-order valence-electron chi connectivity index (χ0n) is 14.2. The molecule has 3 nitrogen and oxygen atoms in total. The van der Waals surface area contributed by atoms with Gasteiger partial charge in [0.05, 0.1) is 11.5 Å². The lowest BCUT2D eigenvalue weighted by Crippen LogP contribution is -2.48. The molecule has 0 bridgehead atoms. The first kappa shape index (κ1) is 16.7. The predicted octanol–water partition coefficient (Wildman–Crippen LogP) is 4.00. The fourth-order valence-electron chi connectivity index (χ4n) is 3.53. The van der Waals surface area contributed by atoms with Crippen LogP contribution in [0.1, 0.15) is 43.4 Å². The Morgan fingerprint density at radius 3 is 2.21 bits per heavy atom. The Bertz CT molecular complexity index is 648. The van der Waals surface area contributed by atoms with Crippen molar-refractivity contribution in [2.24, 2.45) is 0 Å². The number of amides is 1. The molecule has 3 heteroatoms. The predicted molar refractivity (Wildman–Crippen MR) is 95.8 cm³/mol. The summed E-state index contributed by atoms with van der Waals surface area (Å²) in [4.78, 5) is 13.3. The van der Waals surface area contributed by atoms with Gasteiger partial charge in [-0.15, -0.1) is 0 Å². The summed E-state index contributed by atoms with van der Waals surface area (Å²) < 4.78 is 5.53. The Morgan fingerprint density at radius 2 is 1.62 bits per heavy atom. The van der Waals surface area contributed by atoms with E-state index in [9.17, 15) is 4.79 Å². The van der Waals surface area contributed by atoms with Crippen LogP contribution in [-0.4, -0.2) is 19.1 Å². The average Bonchev–Trinajstić information content (AvgIpc) is 2.67. The zero-order valence-corrected chi connectivity index (χ0v) is 14.2. The van der Waals surface area contributed by atoms with Gasteiger partial charge >= 0.3 is 0 Å². The third-order valence-corrected chi connectivity index (χ3v) is 5.02. The van der Waals surface area contributed by atoms with Crippen LogP contribution in [-0.2, 0) is 14.9 Å². The molecule has 0 aliphatic carbocycles. The molecule has 1 fully saturated rings. The van der Waals surface area contributed by atoms with Crippen LogP contribution >= 0.6 is 0 Å². The monoisotopic (exact) mass is 323 g/mol. The molecule has 0 unspecified atom stereocenters. The Hall–Kier alpha value is -2.13. The second kappa shape index (κ2) is 7.63. The summed E-state index contributed by atoms with van der Waals surface area (Å²) in [5, 5.41) is 3.30. The molecule has 1 aliphatic heterocycles. The molecule has 1 heterocycles. The highest BCUT2D eigenvalue weighted by atomic mass is 16.5. The number of hydrogen-bond donors (Lipinski definition) is 1. The van der Waals surface area contributed by atoms with Gasteiger partial charge in [0.1, 0.15) is 0 Å². The van der Waals surface area contributed by atoms with E-state index in [2.05, 4.69) is 36.5 Å². The van der Waals surface area contributed by atoms with Crippen LogP contribution in [0.3, 0.4) is 0 Å². The summed E-state index contributed by atoms with van der Waals surface area (Å²) in [6, 6.07) is 20.4. The van der Waals surface area contributed by atoms with E-state index < -0.39 is 5.41 Å². The minimum Gasteiger partial charge on any atom is -0.381 e. The Morgan fingerprint density at radius 1 is 1.04 bits per heavy atom. The lowest BCUT2D eigenvalue weighted by atomic mass is 9.73. The molecule has 1 N–H and O–H groups in total. The normalized spacial score (nSPS) is 17.9. The van der Waals surface area contributed by atoms with E-state index in [1.165, 1.54) is 0 Å². The van der Waals surface area contributed by atoms with Crippen LogP contribution in [0.15, 0.2) is 60.7 Å². The molecule has 1 saturated heterocycles. The highest BCUT2D eigenvalue weighted by Gasteiger charge is 2.42. The molecular weight excluding hydrogens is 298 g/mol. The van der Waals surface area contributed by atoms with Gasteiger partial charge in [0, 0.05) is 13.2 Å². The standard InChI is InChI=1S/C21H25NO2/c1-2-19(17-9-5-3-6-10-17)22-20(23)21(13-15-24-16-14-21)18-11-7-4-8-12-18/h3-12,19H,2,13-16H2,1H3,(H,22,23)/t19-/m0/s1. The van der Waals surface area contributed by atoms with Gasteiger partial charge in [-0.05, 0) is 30.4 Å². The summed E-state index contributed by atoms with van der Waals surface area (Å²) in [6.45, 7) is 3.37. The van der Waals surface area contributed by atoms with Crippen molar-refractivity contribution in [3.05, 3.63) is 71.8 Å². The molecule has 0 saturated carbocycles. The first-order valence-electron chi connectivity index (χ1n) is 8.75. The van der Waals surface area contributed by atoms with E-state index in [0.717, 1.165) is 30.4 Å². The van der Waals surface area contributed by atoms with Gasteiger partial charge in [-0.3, -0.25) is 4.79 Å². The highest BCUT2D eigenvalue weighted by molar-refractivity contribution is 5.88. The first-order valence-corrected chi connectivity index (χ1v) is 8.75. The highest BCUT2D eigenvalue weighted by Crippen LogP contribution is 2.36. The molecule has 3 rings (SSSR count). The van der Waals surface area contributed by atoms with Crippen LogP contribution < -0.4 is 5.32 Å². The molecule has 1 amide bonds. The second-order valence-electron chi connectivity index (χ2n) is 6.41. The van der Waals surface area contributed by atoms with Gasteiger partial charge in [-0.1, -0.05) is 67.6 Å². The lowest BCUT2D eigenvalue weighted by molar-refractivity contribution is -0.131. The summed E-state index contributed by atoms with van der Waals surface area (Å²) in [5.41, 5.74) is 1.76. The maximum atomic E-state index is 13.3. The zero-order chi connectivity index (χ0) is 16.8. The number of hydrogen-bond acceptors (Lipinski definition) is 2. The average molecular weight is 323 g/mol. The van der Waals surface area contributed by atoms with Gasteiger partial charge in [0.15, 0.2) is 0 Å². The lowest BCUT2D eigenvalue weighted by Gasteiger charge is -2.37. The minimum atomic E-state index is -0.484. The first-order chi connectivity index (χ1) is 11.8. The molecular formula is C21H25NO2. The van der Waals surface area contributed by atoms with Gasteiger partial charge < -0.3 is 10.1 Å². The second-order valence-corrected chi connectivity index (χ2v) is 6.41. The van der Waals surface area contributed by atoms with Crippen LogP contribution in [0.5, 0.6) is 0 Å². The van der Waals surface area contributed by atoms with Gasteiger partial charge in [0.2, 0.25) is 5.91 Å². The van der Waals surface area contributed by atoms with E-state index in [1.807, 2.05) is 36.4 Å². The molecule has 0 aromatic heterocycles. The fourth-order valence-corrected chi connectivity index (χ4v) is 3.53. The largest absolute Gasteiger partial charge is 0.381 e. The summed E-state index contributed by atoms with van der Waals surface area (Å²) in [7, 11) is 0. The molecule has 1 aliphatic rings. The van der Waals surface area contributed by atoms with Crippen molar-refractivity contribution in [1.29, 1.82) is 0 Å². The third-order valence-electron chi connectivity index (χ3n) is 5.02. The van der Waals surface area contributed by atoms with E-state index in [4.69, 9.17) is 4.74 Å². The van der Waals surface area contributed by atoms with Crippen molar-refractivity contribution in [3.63, 3.8) is 0 Å². The van der Waals surface area contributed by atoms with Gasteiger partial charge in [0.25, 0.3) is 0 Å². The minimum absolute atomic E-state index is 0.0436. The van der Waals surface area contributed by atoms with E-state index in [1.54, 1.807) is 0 Å². The molecule has 0 radical (unpaired) electrons. The summed E-state index contributed by atoms with van der Waals surface area (Å²) in [5.74, 6) is 0.118. The van der Waals surface area contributed by atoms with Gasteiger partial charge in [-0.2, -0.15) is 0 Å². The van der Waals surface area contributed by atoms with Crippen molar-refractivity contribution >= 4 is 5.91 Å². The number of rotatable bonds is 5. The van der Waals surface area contributed by atoms with E-state index in [0.29, 0.717) is 13.2 Å². The Balaban J connectivity index is 1.86. The number of ether oxygens (including phenoxy) is 1. The number of carbonyl (C=O) groups is 1. The molecule has 0 spiro atoms. The van der Waals surface area contributed by atoms with Crippen molar-refractivity contribution in [3.8, 4) is 0 Å². The molecule has 2 aromatic carbocycles. The molecule has 24 heavy (non-hydrogen) atoms. The van der Waals surface area contributed by atoms with E-state index >= 15 is 0 Å². The number of carbonyl (C=O) groups excluding carboxylic acids is 1. The molecule has 126 valence electrons. The van der Waals surface area contributed by atoms with Crippen molar-refractivity contribution < 1.29 is 9.53 Å². The maximum absolute atomic E-state index is 13.3. The quantitative estimate of drug-likeness (QED) is 0.903. The van der Waals surface area contributed by atoms with Crippen molar-refractivity contribution in [1.82, 2.24) is 5.32 Å². The Labute approximate surface area is 144 Å². The van der Waals surface area contributed by atoms with Crippen molar-refractivity contribution in [2.75, 3.05) is 13.2 Å². The van der Waals surface area contributed by atoms with Crippen LogP contribution in [0.2, 0.25) is 0 Å². The number of benzene rings is 2. The maximum Gasteiger partial charge on any atom is 0.231 e. The molecule has 1 atom stereocenters. The number of nitrogens with one attached hydrogen (secondary N) is 1. The molecule has 2 aromatic rings. The smallest absolute Gasteiger partial charge is 0.231 e. The van der Waals surface area contributed by atoms with Gasteiger partial charge in [-0.25, -0.2) is 0 Å². The van der Waals surface area contributed by atoms with Crippen molar-refractivity contribution in [2.45, 2.75) is 37.6 Å². The topological polar surface area (TPSA) is 38.3 Å². The summed E-state index contributed by atoms with van der Waals surface area (Å²) in [6.07, 6.45) is 2.33. The van der Waals surface area contributed by atoms with E-state index in [-0.39, 0.29) is 11.9 Å². The van der Waals surface area contributed by atoms with Crippen LogP contribution in [0.25, 0.3) is 0 Å². The summed E-state index contributed by atoms with van der Waals surface area (Å²) >= 11 is 0. The van der Waals surface area contributed by atoms with Crippen LogP contribution in [0.4, 0.5) is 0 Å².